The van der Waals surface area contributed by atoms with Crippen molar-refractivity contribution >= 4 is 15.9 Å². The van der Waals surface area contributed by atoms with Crippen molar-refractivity contribution in [3.8, 4) is 23.3 Å². The maximum Gasteiger partial charge on any atom is 0.175 e. The second kappa shape index (κ2) is 9.70. The Morgan fingerprint density at radius 3 is 2.67 bits per heavy atom. The van der Waals surface area contributed by atoms with Gasteiger partial charge in [0, 0.05) is 19.0 Å². The molecule has 0 heterocycles. The predicted octanol–water partition coefficient (Wildman–Crippen LogP) is 4.14. The van der Waals surface area contributed by atoms with Gasteiger partial charge in [0.25, 0.3) is 0 Å². The van der Waals surface area contributed by atoms with E-state index < -0.39 is 0 Å². The largest absolute Gasteiger partial charge is 0.490 e. The average Bonchev–Trinajstić information content (AvgIpc) is 2.43. The quantitative estimate of drug-likeness (QED) is 0.562. The third kappa shape index (κ3) is 6.41. The molecule has 1 N–H and O–H groups in total. The summed E-state index contributed by atoms with van der Waals surface area (Å²) in [5.41, 5.74) is 1.17. The molecule has 0 fully saturated rings. The number of halogens is 1. The van der Waals surface area contributed by atoms with Crippen molar-refractivity contribution < 1.29 is 9.47 Å². The molecular weight excluding hydrogens is 330 g/mol. The van der Waals surface area contributed by atoms with E-state index in [9.17, 15) is 0 Å². The van der Waals surface area contributed by atoms with Crippen molar-refractivity contribution in [3.63, 3.8) is 0 Å². The van der Waals surface area contributed by atoms with Gasteiger partial charge in [-0.15, -0.1) is 11.8 Å². The van der Waals surface area contributed by atoms with Crippen LogP contribution in [0.25, 0.3) is 0 Å². The summed E-state index contributed by atoms with van der Waals surface area (Å²) in [6, 6.07) is 4.55. The molecule has 0 radical (unpaired) electrons. The third-order valence-corrected chi connectivity index (χ3v) is 3.32. The van der Waals surface area contributed by atoms with Gasteiger partial charge in [-0.25, -0.2) is 0 Å². The van der Waals surface area contributed by atoms with Gasteiger partial charge in [-0.3, -0.25) is 0 Å². The Kier molecular flexibility index (Phi) is 8.26. The first kappa shape index (κ1) is 17.9. The van der Waals surface area contributed by atoms with Crippen molar-refractivity contribution in [2.45, 2.75) is 46.7 Å². The highest BCUT2D eigenvalue weighted by molar-refractivity contribution is 9.10. The van der Waals surface area contributed by atoms with Crippen molar-refractivity contribution in [1.82, 2.24) is 5.32 Å². The Morgan fingerprint density at radius 1 is 1.29 bits per heavy atom. The lowest BCUT2D eigenvalue weighted by Gasteiger charge is -2.16. The Morgan fingerprint density at radius 2 is 2.05 bits per heavy atom. The van der Waals surface area contributed by atoms with Crippen LogP contribution in [0.15, 0.2) is 16.6 Å². The second-order valence-electron chi connectivity index (χ2n) is 4.90. The highest BCUT2D eigenvalue weighted by Crippen LogP contribution is 2.37. The van der Waals surface area contributed by atoms with Gasteiger partial charge in [-0.2, -0.15) is 0 Å². The molecule has 0 unspecified atom stereocenters. The molecule has 21 heavy (non-hydrogen) atoms. The van der Waals surface area contributed by atoms with Crippen LogP contribution in [0.2, 0.25) is 0 Å². The minimum Gasteiger partial charge on any atom is -0.490 e. The van der Waals surface area contributed by atoms with E-state index in [4.69, 9.17) is 9.47 Å². The molecule has 0 aliphatic heterocycles. The fourth-order valence-electron chi connectivity index (χ4n) is 1.78. The van der Waals surface area contributed by atoms with Crippen LogP contribution in [0.3, 0.4) is 0 Å². The van der Waals surface area contributed by atoms with Gasteiger partial charge in [0.05, 0.1) is 17.7 Å². The van der Waals surface area contributed by atoms with Crippen LogP contribution >= 0.6 is 15.9 Å². The summed E-state index contributed by atoms with van der Waals surface area (Å²) in [5, 5.41) is 3.40. The van der Waals surface area contributed by atoms with Gasteiger partial charge >= 0.3 is 0 Å². The molecule has 0 aliphatic rings. The Bertz CT molecular complexity index is 503. The van der Waals surface area contributed by atoms with Gasteiger partial charge in [-0.1, -0.05) is 13.8 Å². The zero-order valence-electron chi connectivity index (χ0n) is 13.3. The topological polar surface area (TPSA) is 30.5 Å². The first-order chi connectivity index (χ1) is 10.1. The molecule has 0 spiro atoms. The summed E-state index contributed by atoms with van der Waals surface area (Å²) in [6.07, 6.45) is 0.713. The number of benzene rings is 1. The lowest BCUT2D eigenvalue weighted by molar-refractivity contribution is 0.280. The Labute approximate surface area is 136 Å². The molecule has 0 amide bonds. The number of nitrogens with one attached hydrogen (secondary N) is 1. The standard InChI is InChI=1S/C17H24BrNO2/c1-5-7-8-9-21-17-15(18)10-14(12-19-13(3)4)11-16(17)20-6-2/h10-11,13,19H,6,8-9,12H2,1-4H3. The van der Waals surface area contributed by atoms with Crippen LogP contribution in [-0.4, -0.2) is 19.3 Å². The van der Waals surface area contributed by atoms with Crippen molar-refractivity contribution in [3.05, 3.63) is 22.2 Å². The van der Waals surface area contributed by atoms with Gasteiger partial charge < -0.3 is 14.8 Å². The molecule has 0 saturated heterocycles. The van der Waals surface area contributed by atoms with E-state index in [1.54, 1.807) is 0 Å². The lowest BCUT2D eigenvalue weighted by atomic mass is 10.2. The minimum absolute atomic E-state index is 0.447. The predicted molar refractivity (Wildman–Crippen MR) is 90.8 cm³/mol. The van der Waals surface area contributed by atoms with E-state index >= 15 is 0 Å². The van der Waals surface area contributed by atoms with Crippen LogP contribution in [0.5, 0.6) is 11.5 Å². The van der Waals surface area contributed by atoms with Gasteiger partial charge in [-0.05, 0) is 47.5 Å². The average molecular weight is 354 g/mol. The van der Waals surface area contributed by atoms with E-state index in [-0.39, 0.29) is 0 Å². The van der Waals surface area contributed by atoms with Crippen molar-refractivity contribution in [2.75, 3.05) is 13.2 Å². The van der Waals surface area contributed by atoms with Crippen molar-refractivity contribution in [1.29, 1.82) is 0 Å². The molecule has 0 atom stereocenters. The van der Waals surface area contributed by atoms with E-state index in [0.29, 0.717) is 25.7 Å². The summed E-state index contributed by atoms with van der Waals surface area (Å²) in [6.45, 7) is 10.0. The molecule has 4 heteroatoms. The highest BCUT2D eigenvalue weighted by atomic mass is 79.9. The molecule has 0 aromatic heterocycles. The SMILES string of the molecule is CC#CCCOc1c(Br)cc(CNC(C)C)cc1OCC. The second-order valence-corrected chi connectivity index (χ2v) is 5.75. The Balaban J connectivity index is 2.86. The maximum atomic E-state index is 5.81. The number of hydrogen-bond acceptors (Lipinski definition) is 3. The van der Waals surface area contributed by atoms with Gasteiger partial charge in [0.15, 0.2) is 11.5 Å². The van der Waals surface area contributed by atoms with Crippen LogP contribution in [0, 0.1) is 11.8 Å². The fraction of sp³-hybridized carbons (Fsp3) is 0.529. The molecular formula is C17H24BrNO2. The van der Waals surface area contributed by atoms with Crippen molar-refractivity contribution in [2.24, 2.45) is 0 Å². The minimum atomic E-state index is 0.447. The smallest absolute Gasteiger partial charge is 0.175 e. The molecule has 1 aromatic rings. The number of hydrogen-bond donors (Lipinski definition) is 1. The van der Waals surface area contributed by atoms with Crippen LogP contribution in [-0.2, 0) is 6.54 Å². The number of rotatable bonds is 8. The lowest BCUT2D eigenvalue weighted by Crippen LogP contribution is -2.21. The normalized spacial score (nSPS) is 10.2. The molecule has 3 nitrogen and oxygen atoms in total. The van der Waals surface area contributed by atoms with Gasteiger partial charge in [0.2, 0.25) is 0 Å². The zero-order valence-corrected chi connectivity index (χ0v) is 14.8. The van der Waals surface area contributed by atoms with E-state index in [1.807, 2.05) is 19.9 Å². The Hall–Kier alpha value is -1.18. The third-order valence-electron chi connectivity index (χ3n) is 2.73. The van der Waals surface area contributed by atoms with Crippen LogP contribution in [0.1, 0.15) is 39.7 Å². The molecule has 0 saturated carbocycles. The maximum absolute atomic E-state index is 5.81. The first-order valence-corrected chi connectivity index (χ1v) is 8.08. The summed E-state index contributed by atoms with van der Waals surface area (Å²) >= 11 is 3.58. The van der Waals surface area contributed by atoms with E-state index in [1.165, 1.54) is 5.56 Å². The monoisotopic (exact) mass is 353 g/mol. The van der Waals surface area contributed by atoms with Crippen LogP contribution < -0.4 is 14.8 Å². The molecule has 116 valence electrons. The van der Waals surface area contributed by atoms with Gasteiger partial charge in [0.1, 0.15) is 0 Å². The molecule has 1 aromatic carbocycles. The highest BCUT2D eigenvalue weighted by Gasteiger charge is 2.12. The summed E-state index contributed by atoms with van der Waals surface area (Å²) in [7, 11) is 0. The fourth-order valence-corrected chi connectivity index (χ4v) is 2.38. The first-order valence-electron chi connectivity index (χ1n) is 7.29. The van der Waals surface area contributed by atoms with E-state index in [2.05, 4.69) is 53.0 Å². The molecule has 0 aliphatic carbocycles. The number of ether oxygens (including phenoxy) is 2. The van der Waals surface area contributed by atoms with Crippen LogP contribution in [0.4, 0.5) is 0 Å². The zero-order chi connectivity index (χ0) is 15.7. The molecule has 1 rings (SSSR count). The summed E-state index contributed by atoms with van der Waals surface area (Å²) in [4.78, 5) is 0. The molecule has 0 bridgehead atoms. The van der Waals surface area contributed by atoms with E-state index in [0.717, 1.165) is 22.5 Å². The summed E-state index contributed by atoms with van der Waals surface area (Å²) < 4.78 is 12.4. The summed E-state index contributed by atoms with van der Waals surface area (Å²) in [5.74, 6) is 7.38.